The van der Waals surface area contributed by atoms with Crippen molar-refractivity contribution in [2.75, 3.05) is 20.6 Å². The average Bonchev–Trinajstić information content (AvgIpc) is 3.00. The van der Waals surface area contributed by atoms with Gasteiger partial charge in [-0.3, -0.25) is 24.0 Å². The van der Waals surface area contributed by atoms with Gasteiger partial charge in [0.05, 0.1) is 6.04 Å². The van der Waals surface area contributed by atoms with Crippen molar-refractivity contribution in [1.82, 2.24) is 31.9 Å². The Morgan fingerprint density at radius 2 is 0.776 bits per heavy atom. The fourth-order valence-electron chi connectivity index (χ4n) is 4.99. The molecule has 6 N–H and O–H groups in total. The van der Waals surface area contributed by atoms with Crippen LogP contribution in [0.15, 0.2) is 0 Å². The Morgan fingerprint density at radius 1 is 0.429 bits per heavy atom. The Bertz CT molecular complexity index is 1160. The first-order valence-corrected chi connectivity index (χ1v) is 17.0. The van der Waals surface area contributed by atoms with Gasteiger partial charge in [-0.15, -0.1) is 0 Å². The van der Waals surface area contributed by atoms with E-state index in [2.05, 4.69) is 31.9 Å². The van der Waals surface area contributed by atoms with Crippen molar-refractivity contribution in [2.24, 2.45) is 0 Å². The van der Waals surface area contributed by atoms with E-state index in [4.69, 9.17) is 0 Å². The lowest BCUT2D eigenvalue weighted by Crippen LogP contribution is -2.58. The third-order valence-electron chi connectivity index (χ3n) is 7.81. The highest BCUT2D eigenvalue weighted by Crippen LogP contribution is 2.10. The van der Waals surface area contributed by atoms with Crippen molar-refractivity contribution in [3.05, 3.63) is 0 Å². The number of hydrogen-bond acceptors (Lipinski definition) is 11. The quantitative estimate of drug-likeness (QED) is 0.0613. The summed E-state index contributed by atoms with van der Waals surface area (Å²) in [7, 11) is 3.35. The molecule has 0 spiro atoms. The van der Waals surface area contributed by atoms with Crippen molar-refractivity contribution < 1.29 is 43.2 Å². The first kappa shape index (κ1) is 45.2. The molecule has 0 heterocycles. The number of nitrogens with one attached hydrogen (secondary N) is 6. The van der Waals surface area contributed by atoms with Gasteiger partial charge >= 0.3 is 0 Å². The number of likely N-dealkylation sites (N-methyl/N-ethyl adjacent to an activating group) is 1. The number of Topliss-reactive ketones (excluding diaryl/α,β-unsaturated/α-hetero) is 5. The number of rotatable bonds is 28. The third kappa shape index (κ3) is 21.7. The minimum absolute atomic E-state index is 0.0300. The van der Waals surface area contributed by atoms with Gasteiger partial charge in [0.15, 0.2) is 0 Å². The summed E-state index contributed by atoms with van der Waals surface area (Å²) < 4.78 is 0. The molecular weight excluding hydrogens is 636 g/mol. The molecule has 0 aromatic heterocycles. The van der Waals surface area contributed by atoms with Crippen LogP contribution >= 0.6 is 0 Å². The van der Waals surface area contributed by atoms with Crippen LogP contribution < -0.4 is 31.9 Å². The van der Waals surface area contributed by atoms with Crippen molar-refractivity contribution in [3.8, 4) is 0 Å². The maximum atomic E-state index is 13.6. The van der Waals surface area contributed by atoms with E-state index in [9.17, 15) is 43.2 Å². The van der Waals surface area contributed by atoms with E-state index < -0.39 is 53.8 Å². The van der Waals surface area contributed by atoms with Crippen LogP contribution in [-0.2, 0) is 43.2 Å². The number of hydrogen-bond donors (Lipinski definition) is 6. The van der Waals surface area contributed by atoms with Crippen LogP contribution in [0.3, 0.4) is 0 Å². The fourth-order valence-corrected chi connectivity index (χ4v) is 4.99. The second-order valence-corrected chi connectivity index (χ2v) is 12.7. The molecule has 0 aromatic carbocycles. The summed E-state index contributed by atoms with van der Waals surface area (Å²) in [5.74, 6) is -3.70. The van der Waals surface area contributed by atoms with Crippen molar-refractivity contribution in [2.45, 2.75) is 142 Å². The molecule has 0 rings (SSSR count). The van der Waals surface area contributed by atoms with Gasteiger partial charge < -0.3 is 51.1 Å². The minimum Gasteiger partial charge on any atom is -0.351 e. The maximum absolute atomic E-state index is 13.6. The number of amides is 4. The molecule has 0 bridgehead atoms. The van der Waals surface area contributed by atoms with Gasteiger partial charge in [-0.25, -0.2) is 0 Å². The normalized spacial score (nSPS) is 13.9. The fraction of sp³-hybridized carbons (Fsp3) is 0.735. The molecule has 278 valence electrons. The minimum atomic E-state index is -1.31. The van der Waals surface area contributed by atoms with Crippen molar-refractivity contribution in [3.63, 3.8) is 0 Å². The van der Waals surface area contributed by atoms with Crippen LogP contribution in [0.5, 0.6) is 0 Å². The zero-order valence-electron chi connectivity index (χ0n) is 30.3. The Balaban J connectivity index is 6.12. The van der Waals surface area contributed by atoms with Gasteiger partial charge in [0, 0.05) is 38.1 Å². The van der Waals surface area contributed by atoms with Crippen LogP contribution in [-0.4, -0.2) is 103 Å². The summed E-state index contributed by atoms with van der Waals surface area (Å²) in [5, 5.41) is 16.5. The second kappa shape index (κ2) is 25.2. The first-order valence-electron chi connectivity index (χ1n) is 17.0. The zero-order valence-corrected chi connectivity index (χ0v) is 30.3. The van der Waals surface area contributed by atoms with E-state index in [0.29, 0.717) is 6.42 Å². The zero-order chi connectivity index (χ0) is 37.5. The predicted molar refractivity (Wildman–Crippen MR) is 183 cm³/mol. The molecule has 0 saturated heterocycles. The molecule has 15 nitrogen and oxygen atoms in total. The second-order valence-electron chi connectivity index (χ2n) is 12.7. The summed E-state index contributed by atoms with van der Waals surface area (Å²) in [6, 6.07) is -5.03. The number of carbonyl (C=O) groups is 9. The Labute approximate surface area is 290 Å². The van der Waals surface area contributed by atoms with Crippen molar-refractivity contribution in [1.29, 1.82) is 0 Å². The number of unbranched alkanes of at least 4 members (excludes halogenated alkanes) is 1. The van der Waals surface area contributed by atoms with Crippen LogP contribution in [0.25, 0.3) is 0 Å². The summed E-state index contributed by atoms with van der Waals surface area (Å²) >= 11 is 0. The Kier molecular flexibility index (Phi) is 23.2. The molecule has 0 fully saturated rings. The summed E-state index contributed by atoms with van der Waals surface area (Å²) in [6.07, 6.45) is 2.05. The molecule has 15 heteroatoms. The highest BCUT2D eigenvalue weighted by atomic mass is 16.2. The SMILES string of the molecule is CNCCCCC(CC(C)=O)NC(=O)C(CCC(C)=O)NC(=O)C(CCC(C)=O)NC(=O)C(CCC(C)=O)NC(=O)C(CCC(C)=O)NC. The summed E-state index contributed by atoms with van der Waals surface area (Å²) in [6.45, 7) is 7.58. The van der Waals surface area contributed by atoms with E-state index in [1.807, 2.05) is 7.05 Å². The molecule has 5 atom stereocenters. The molecule has 5 unspecified atom stereocenters. The van der Waals surface area contributed by atoms with Crippen molar-refractivity contribution >= 4 is 52.5 Å². The number of ketones is 5. The number of carbonyl (C=O) groups excluding carboxylic acids is 9. The van der Waals surface area contributed by atoms with Gasteiger partial charge in [0.1, 0.15) is 47.0 Å². The monoisotopic (exact) mass is 694 g/mol. The highest BCUT2D eigenvalue weighted by molar-refractivity contribution is 5.95. The van der Waals surface area contributed by atoms with Gasteiger partial charge in [-0.1, -0.05) is 6.42 Å². The lowest BCUT2D eigenvalue weighted by molar-refractivity contribution is -0.135. The van der Waals surface area contributed by atoms with Gasteiger partial charge in [-0.2, -0.15) is 0 Å². The standard InChI is InChI=1S/C34H58N6O9/c1-21(41)11-15-27(36-7)31(46)38-29(17-13-23(3)43)33(48)40-30(18-14-24(4)44)34(49)39-28(16-12-22(2)42)32(47)37-26(20-25(5)45)10-8-9-19-35-6/h26-30,35-36H,8-20H2,1-7H3,(H,37,47)(H,38,46)(H,39,49)(H,40,48). The molecule has 4 amide bonds. The maximum Gasteiger partial charge on any atom is 0.243 e. The lowest BCUT2D eigenvalue weighted by Gasteiger charge is -2.27. The molecule has 0 saturated carbocycles. The molecule has 49 heavy (non-hydrogen) atoms. The van der Waals surface area contributed by atoms with E-state index in [1.54, 1.807) is 0 Å². The Morgan fingerprint density at radius 3 is 1.10 bits per heavy atom. The predicted octanol–water partition coefficient (Wildman–Crippen LogP) is 0.359. The lowest BCUT2D eigenvalue weighted by atomic mass is 10.0. The van der Waals surface area contributed by atoms with E-state index in [-0.39, 0.29) is 86.7 Å². The van der Waals surface area contributed by atoms with E-state index >= 15 is 0 Å². The van der Waals surface area contributed by atoms with Crippen LogP contribution in [0.2, 0.25) is 0 Å². The molecular formula is C34H58N6O9. The smallest absolute Gasteiger partial charge is 0.243 e. The largest absolute Gasteiger partial charge is 0.351 e. The van der Waals surface area contributed by atoms with Crippen LogP contribution in [0, 0.1) is 0 Å². The van der Waals surface area contributed by atoms with Gasteiger partial charge in [0.2, 0.25) is 23.6 Å². The molecule has 0 aliphatic rings. The van der Waals surface area contributed by atoms with E-state index in [0.717, 1.165) is 19.4 Å². The summed E-state index contributed by atoms with van der Waals surface area (Å²) in [5.41, 5.74) is 0. The van der Waals surface area contributed by atoms with Crippen LogP contribution in [0.4, 0.5) is 0 Å². The topological polar surface area (TPSA) is 226 Å². The van der Waals surface area contributed by atoms with Gasteiger partial charge in [0.25, 0.3) is 0 Å². The summed E-state index contributed by atoms with van der Waals surface area (Å²) in [4.78, 5) is 112. The highest BCUT2D eigenvalue weighted by Gasteiger charge is 2.32. The van der Waals surface area contributed by atoms with Crippen LogP contribution in [0.1, 0.15) is 112 Å². The van der Waals surface area contributed by atoms with Gasteiger partial charge in [-0.05, 0) is 93.8 Å². The average molecular weight is 695 g/mol. The molecule has 0 aromatic rings. The molecule has 0 aliphatic carbocycles. The molecule has 0 radical (unpaired) electrons. The Hall–Kier alpha value is -3.85. The molecule has 0 aliphatic heterocycles. The first-order chi connectivity index (χ1) is 23.0. The van der Waals surface area contributed by atoms with E-state index in [1.165, 1.54) is 41.7 Å². The third-order valence-corrected chi connectivity index (χ3v) is 7.81.